The molecule has 1 unspecified atom stereocenters. The van der Waals surface area contributed by atoms with Crippen molar-refractivity contribution >= 4 is 15.9 Å². The second-order valence-corrected chi connectivity index (χ2v) is 4.65. The molecule has 0 spiro atoms. The molecule has 2 rings (SSSR count). The molecule has 3 N–H and O–H groups in total. The van der Waals surface area contributed by atoms with Gasteiger partial charge in [-0.25, -0.2) is 14.2 Å². The lowest BCUT2D eigenvalue weighted by atomic mass is 10.0. The fraction of sp³-hybridized carbons (Fsp3) is 0.0833. The number of hydrogen-bond donors (Lipinski definition) is 2. The Labute approximate surface area is 111 Å². The van der Waals surface area contributed by atoms with E-state index in [1.54, 1.807) is 18.5 Å². The molecule has 94 valence electrons. The van der Waals surface area contributed by atoms with Crippen molar-refractivity contribution in [3.63, 3.8) is 0 Å². The van der Waals surface area contributed by atoms with Crippen LogP contribution in [0, 0.1) is 11.6 Å². The molecule has 1 aromatic carbocycles. The number of halogens is 3. The predicted octanol–water partition coefficient (Wildman–Crippen LogP) is 2.68. The Morgan fingerprint density at radius 1 is 1.06 bits per heavy atom. The minimum Gasteiger partial charge on any atom is -0.271 e. The van der Waals surface area contributed by atoms with Crippen molar-refractivity contribution in [2.75, 3.05) is 0 Å². The number of pyridine rings is 1. The van der Waals surface area contributed by atoms with E-state index >= 15 is 0 Å². The summed E-state index contributed by atoms with van der Waals surface area (Å²) in [6.07, 6.45) is 3.20. The van der Waals surface area contributed by atoms with Gasteiger partial charge in [0.05, 0.1) is 6.04 Å². The van der Waals surface area contributed by atoms with Crippen molar-refractivity contribution in [3.05, 3.63) is 63.9 Å². The maximum Gasteiger partial charge on any atom is 0.126 e. The van der Waals surface area contributed by atoms with Crippen molar-refractivity contribution in [1.82, 2.24) is 10.4 Å². The minimum atomic E-state index is -0.645. The number of hydrogen-bond acceptors (Lipinski definition) is 3. The smallest absolute Gasteiger partial charge is 0.126 e. The van der Waals surface area contributed by atoms with Gasteiger partial charge in [-0.1, -0.05) is 0 Å². The molecule has 3 nitrogen and oxygen atoms in total. The molecule has 0 aliphatic heterocycles. The quantitative estimate of drug-likeness (QED) is 0.676. The molecule has 0 aliphatic rings. The normalized spacial score (nSPS) is 12.4. The molecule has 0 fully saturated rings. The predicted molar refractivity (Wildman–Crippen MR) is 67.5 cm³/mol. The van der Waals surface area contributed by atoms with Crippen LogP contribution >= 0.6 is 15.9 Å². The zero-order valence-corrected chi connectivity index (χ0v) is 10.8. The van der Waals surface area contributed by atoms with Crippen LogP contribution in [0.25, 0.3) is 0 Å². The van der Waals surface area contributed by atoms with E-state index in [4.69, 9.17) is 5.84 Å². The largest absolute Gasteiger partial charge is 0.271 e. The van der Waals surface area contributed by atoms with Crippen LogP contribution in [0.5, 0.6) is 0 Å². The average molecular weight is 314 g/mol. The molecule has 1 atom stereocenters. The van der Waals surface area contributed by atoms with E-state index in [-0.39, 0.29) is 0 Å². The van der Waals surface area contributed by atoms with Crippen molar-refractivity contribution < 1.29 is 8.78 Å². The summed E-state index contributed by atoms with van der Waals surface area (Å²) in [6.45, 7) is 0. The average Bonchev–Trinajstić information content (AvgIpc) is 2.28. The molecule has 0 bridgehead atoms. The molecule has 0 amide bonds. The van der Waals surface area contributed by atoms with Crippen molar-refractivity contribution in [3.8, 4) is 0 Å². The summed E-state index contributed by atoms with van der Waals surface area (Å²) in [6, 6.07) is 4.53. The van der Waals surface area contributed by atoms with Crippen LogP contribution in [-0.4, -0.2) is 4.98 Å². The zero-order chi connectivity index (χ0) is 13.1. The Kier molecular flexibility index (Phi) is 4.00. The van der Waals surface area contributed by atoms with E-state index in [9.17, 15) is 8.78 Å². The van der Waals surface area contributed by atoms with Gasteiger partial charge in [0.2, 0.25) is 0 Å². The third-order valence-electron chi connectivity index (χ3n) is 2.44. The van der Waals surface area contributed by atoms with E-state index in [0.29, 0.717) is 11.1 Å². The zero-order valence-electron chi connectivity index (χ0n) is 9.20. The van der Waals surface area contributed by atoms with Gasteiger partial charge in [0.25, 0.3) is 0 Å². The van der Waals surface area contributed by atoms with E-state index < -0.39 is 17.7 Å². The molecule has 0 saturated carbocycles. The maximum atomic E-state index is 13.2. The van der Waals surface area contributed by atoms with Crippen LogP contribution in [0.3, 0.4) is 0 Å². The third kappa shape index (κ3) is 2.90. The van der Waals surface area contributed by atoms with Crippen LogP contribution in [0.4, 0.5) is 8.78 Å². The van der Waals surface area contributed by atoms with Crippen LogP contribution in [-0.2, 0) is 0 Å². The Balaban J connectivity index is 2.45. The highest BCUT2D eigenvalue weighted by atomic mass is 79.9. The summed E-state index contributed by atoms with van der Waals surface area (Å²) in [7, 11) is 0. The number of benzene rings is 1. The highest BCUT2D eigenvalue weighted by Crippen LogP contribution is 2.24. The van der Waals surface area contributed by atoms with Crippen LogP contribution in [0.1, 0.15) is 17.2 Å². The molecule has 1 aromatic heterocycles. The van der Waals surface area contributed by atoms with Gasteiger partial charge < -0.3 is 0 Å². The number of nitrogens with one attached hydrogen (secondary N) is 1. The van der Waals surface area contributed by atoms with Crippen molar-refractivity contribution in [1.29, 1.82) is 0 Å². The van der Waals surface area contributed by atoms with Gasteiger partial charge in [0.15, 0.2) is 0 Å². The molecule has 2 aromatic rings. The first kappa shape index (κ1) is 13.1. The number of nitrogens with two attached hydrogens (primary N) is 1. The van der Waals surface area contributed by atoms with Gasteiger partial charge in [-0.3, -0.25) is 10.8 Å². The first-order valence-electron chi connectivity index (χ1n) is 5.12. The molecule has 0 radical (unpaired) electrons. The second-order valence-electron chi connectivity index (χ2n) is 3.74. The van der Waals surface area contributed by atoms with Gasteiger partial charge in [0, 0.05) is 22.9 Å². The summed E-state index contributed by atoms with van der Waals surface area (Å²) in [5.41, 5.74) is 3.63. The summed E-state index contributed by atoms with van der Waals surface area (Å²) in [5, 5.41) is 0. The molecule has 0 saturated heterocycles. The second kappa shape index (κ2) is 5.51. The topological polar surface area (TPSA) is 50.9 Å². The number of nitrogens with zero attached hydrogens (tertiary/aromatic N) is 1. The first-order valence-corrected chi connectivity index (χ1v) is 5.92. The molecular weight excluding hydrogens is 304 g/mol. The van der Waals surface area contributed by atoms with Crippen LogP contribution in [0.2, 0.25) is 0 Å². The molecule has 6 heteroatoms. The molecule has 1 heterocycles. The van der Waals surface area contributed by atoms with E-state index in [2.05, 4.69) is 26.3 Å². The lowest BCUT2D eigenvalue weighted by molar-refractivity contribution is 0.565. The first-order chi connectivity index (χ1) is 8.60. The van der Waals surface area contributed by atoms with Gasteiger partial charge in [0.1, 0.15) is 11.6 Å². The van der Waals surface area contributed by atoms with Crippen molar-refractivity contribution in [2.24, 2.45) is 5.84 Å². The number of rotatable bonds is 3. The maximum absolute atomic E-state index is 13.2. The lowest BCUT2D eigenvalue weighted by Gasteiger charge is -2.16. The lowest BCUT2D eigenvalue weighted by Crippen LogP contribution is -2.29. The van der Waals surface area contributed by atoms with Gasteiger partial charge >= 0.3 is 0 Å². The molecule has 18 heavy (non-hydrogen) atoms. The highest BCUT2D eigenvalue weighted by molar-refractivity contribution is 9.10. The van der Waals surface area contributed by atoms with E-state index in [0.717, 1.165) is 10.5 Å². The van der Waals surface area contributed by atoms with Gasteiger partial charge in [-0.2, -0.15) is 0 Å². The standard InChI is InChI=1S/C12H10BrF2N3/c13-9-1-8(5-17-6-9)12(18-16)7-2-10(14)4-11(15)3-7/h1-6,12,18H,16H2. The fourth-order valence-corrected chi connectivity index (χ4v) is 2.10. The van der Waals surface area contributed by atoms with Crippen LogP contribution < -0.4 is 11.3 Å². The Hall–Kier alpha value is -1.37. The summed E-state index contributed by atoms with van der Waals surface area (Å²) in [5.74, 6) is 4.16. The van der Waals surface area contributed by atoms with Crippen molar-refractivity contribution in [2.45, 2.75) is 6.04 Å². The van der Waals surface area contributed by atoms with Crippen LogP contribution in [0.15, 0.2) is 41.1 Å². The SMILES string of the molecule is NNC(c1cc(F)cc(F)c1)c1cncc(Br)c1. The summed E-state index contributed by atoms with van der Waals surface area (Å²) >= 11 is 3.28. The fourth-order valence-electron chi connectivity index (χ4n) is 1.71. The van der Waals surface area contributed by atoms with E-state index in [1.807, 2.05) is 0 Å². The molecule has 0 aliphatic carbocycles. The Morgan fingerprint density at radius 2 is 1.72 bits per heavy atom. The summed E-state index contributed by atoms with van der Waals surface area (Å²) < 4.78 is 27.1. The Morgan fingerprint density at radius 3 is 2.28 bits per heavy atom. The highest BCUT2D eigenvalue weighted by Gasteiger charge is 2.15. The van der Waals surface area contributed by atoms with E-state index in [1.165, 1.54) is 12.1 Å². The monoisotopic (exact) mass is 313 g/mol. The number of aromatic nitrogens is 1. The summed E-state index contributed by atoms with van der Waals surface area (Å²) in [4.78, 5) is 3.99. The van der Waals surface area contributed by atoms with Gasteiger partial charge in [-0.05, 0) is 45.3 Å². The Bertz CT molecular complexity index is 543. The third-order valence-corrected chi connectivity index (χ3v) is 2.88. The minimum absolute atomic E-state index is 0.398. The number of hydrazine groups is 1. The van der Waals surface area contributed by atoms with Gasteiger partial charge in [-0.15, -0.1) is 0 Å². The molecular formula is C12H10BrF2N3.